The largest absolute Gasteiger partial charge is 0.481 e. The lowest BCUT2D eigenvalue weighted by atomic mass is 10.0. The summed E-state index contributed by atoms with van der Waals surface area (Å²) in [6, 6.07) is 27.3. The van der Waals surface area contributed by atoms with Crippen molar-refractivity contribution in [2.75, 3.05) is 17.2 Å². The molecule has 2 unspecified atom stereocenters. The standard InChI is InChI=1S/C16H15F3N2O3.C11H8F3NO3S.C10H9NO3.C10H12O3/c17-16(18,19)12-3-1-11(2-4-12)14(24-8-5-15(22)23)9-13-10-20-6-7-21-13;12-11(13,14)19-8-3-1-7(2-4-8)15-9(16)5-6-10(17)18;12-9(6-7-10(13)14)11-8-4-2-1-3-5-8;1-2-9(10(11)12)13-8-6-4-3-5-7-8/h1-4,6-7,10,14H,5,8-9H2,(H,22,23);1-6H,(H,15,16)(H,17,18);1-7H,(H,11,12)(H,13,14);3-7,9H,2H2,1H3,(H,11,12)/b;;7-6-;. The van der Waals surface area contributed by atoms with Crippen LogP contribution in [0.4, 0.5) is 37.7 Å². The number of nitrogens with one attached hydrogen (secondary N) is 2. The van der Waals surface area contributed by atoms with Crippen molar-refractivity contribution in [2.24, 2.45) is 0 Å². The number of rotatable bonds is 18. The molecule has 0 aliphatic heterocycles. The van der Waals surface area contributed by atoms with Gasteiger partial charge in [0.25, 0.3) is 0 Å². The second kappa shape index (κ2) is 30.4. The Morgan fingerprint density at radius 1 is 0.686 bits per heavy atom. The van der Waals surface area contributed by atoms with E-state index >= 15 is 0 Å². The average molecular weight is 1000 g/mol. The van der Waals surface area contributed by atoms with Crippen LogP contribution in [-0.2, 0) is 46.1 Å². The predicted molar refractivity (Wildman–Crippen MR) is 243 cm³/mol. The van der Waals surface area contributed by atoms with Gasteiger partial charge in [-0.3, -0.25) is 24.4 Å². The van der Waals surface area contributed by atoms with E-state index < -0.39 is 65.1 Å². The number of ether oxygens (including phenoxy) is 2. The van der Waals surface area contributed by atoms with Crippen LogP contribution in [0.15, 0.2) is 157 Å². The minimum absolute atomic E-state index is 0.00780. The number of halogens is 6. The zero-order valence-corrected chi connectivity index (χ0v) is 37.4. The zero-order valence-electron chi connectivity index (χ0n) is 36.5. The number of carboxylic acid groups (broad SMARTS) is 4. The minimum Gasteiger partial charge on any atom is -0.481 e. The maximum absolute atomic E-state index is 12.6. The number of hydrogen-bond acceptors (Lipinski definition) is 11. The number of carbonyl (C=O) groups is 6. The van der Waals surface area contributed by atoms with Crippen LogP contribution < -0.4 is 15.4 Å². The number of amides is 2. The van der Waals surface area contributed by atoms with Crippen molar-refractivity contribution in [2.45, 2.75) is 55.0 Å². The molecule has 0 saturated carbocycles. The summed E-state index contributed by atoms with van der Waals surface area (Å²) in [5, 5.41) is 38.8. The third kappa shape index (κ3) is 26.3. The lowest BCUT2D eigenvalue weighted by Crippen LogP contribution is -2.25. The summed E-state index contributed by atoms with van der Waals surface area (Å²) in [7, 11) is 0. The average Bonchev–Trinajstić information content (AvgIpc) is 3.30. The van der Waals surface area contributed by atoms with Crippen molar-refractivity contribution in [3.05, 3.63) is 169 Å². The van der Waals surface area contributed by atoms with Crippen LogP contribution in [0.3, 0.4) is 0 Å². The van der Waals surface area contributed by atoms with Crippen molar-refractivity contribution >= 4 is 58.8 Å². The van der Waals surface area contributed by atoms with Gasteiger partial charge in [0, 0.05) is 65.6 Å². The number of anilines is 2. The van der Waals surface area contributed by atoms with E-state index in [4.69, 9.17) is 29.9 Å². The fraction of sp³-hybridized carbons (Fsp3) is 0.191. The van der Waals surface area contributed by atoms with Crippen LogP contribution in [0, 0.1) is 0 Å². The Morgan fingerprint density at radius 2 is 1.21 bits per heavy atom. The number of aliphatic carboxylic acids is 4. The molecule has 372 valence electrons. The van der Waals surface area contributed by atoms with Crippen molar-refractivity contribution in [3.63, 3.8) is 0 Å². The second-order valence-electron chi connectivity index (χ2n) is 13.4. The molecular formula is C47H44F6N4O12S. The minimum atomic E-state index is -4.41. The number of hydrogen-bond donors (Lipinski definition) is 6. The van der Waals surface area contributed by atoms with Gasteiger partial charge in [-0.05, 0) is 84.4 Å². The smallest absolute Gasteiger partial charge is 0.446 e. The van der Waals surface area contributed by atoms with Crippen LogP contribution in [0.25, 0.3) is 0 Å². The highest BCUT2D eigenvalue weighted by Crippen LogP contribution is 2.37. The molecule has 0 bridgehead atoms. The summed E-state index contributed by atoms with van der Waals surface area (Å²) in [6.45, 7) is 1.73. The Hall–Kier alpha value is -8.05. The number of nitrogens with zero attached hydrogens (tertiary/aromatic N) is 2. The lowest BCUT2D eigenvalue weighted by molar-refractivity contribution is -0.145. The number of benzene rings is 4. The van der Waals surface area contributed by atoms with E-state index in [1.165, 1.54) is 55.0 Å². The molecule has 1 heterocycles. The van der Waals surface area contributed by atoms with Crippen LogP contribution in [0.1, 0.15) is 42.7 Å². The Bertz CT molecular complexity index is 2470. The molecule has 5 aromatic rings. The van der Waals surface area contributed by atoms with E-state index in [0.29, 0.717) is 35.2 Å². The zero-order chi connectivity index (χ0) is 52.1. The first-order chi connectivity index (χ1) is 33.0. The highest BCUT2D eigenvalue weighted by molar-refractivity contribution is 8.00. The van der Waals surface area contributed by atoms with Gasteiger partial charge in [0.05, 0.1) is 30.4 Å². The van der Waals surface area contributed by atoms with Gasteiger partial charge in [0.1, 0.15) is 5.75 Å². The summed E-state index contributed by atoms with van der Waals surface area (Å²) in [5.41, 5.74) is -3.11. The third-order valence-corrected chi connectivity index (χ3v) is 8.81. The van der Waals surface area contributed by atoms with Gasteiger partial charge >= 0.3 is 35.6 Å². The van der Waals surface area contributed by atoms with Gasteiger partial charge < -0.3 is 40.5 Å². The van der Waals surface area contributed by atoms with Crippen LogP contribution in [0.5, 0.6) is 5.75 Å². The molecule has 0 spiro atoms. The van der Waals surface area contributed by atoms with Crippen molar-refractivity contribution < 1.29 is 85.0 Å². The topological polar surface area (TPSA) is 252 Å². The first-order valence-electron chi connectivity index (χ1n) is 20.1. The number of alkyl halides is 6. The summed E-state index contributed by atoms with van der Waals surface area (Å²) in [5.74, 6) is -4.90. The molecule has 0 saturated heterocycles. The molecule has 1 aromatic heterocycles. The van der Waals surface area contributed by atoms with Gasteiger partial charge in [-0.2, -0.15) is 26.3 Å². The molecule has 0 aliphatic carbocycles. The van der Waals surface area contributed by atoms with Crippen molar-refractivity contribution in [3.8, 4) is 5.75 Å². The molecule has 16 nitrogen and oxygen atoms in total. The van der Waals surface area contributed by atoms with Crippen LogP contribution in [-0.4, -0.2) is 84.3 Å². The Balaban J connectivity index is 0.000000330. The molecule has 23 heteroatoms. The molecule has 6 N–H and O–H groups in total. The number of carbonyl (C=O) groups excluding carboxylic acids is 2. The second-order valence-corrected chi connectivity index (χ2v) is 14.6. The third-order valence-electron chi connectivity index (χ3n) is 8.08. The molecule has 4 aromatic carbocycles. The molecule has 2 atom stereocenters. The van der Waals surface area contributed by atoms with E-state index in [1.807, 2.05) is 24.3 Å². The van der Waals surface area contributed by atoms with E-state index in [9.17, 15) is 55.1 Å². The number of thioether (sulfide) groups is 1. The fourth-order valence-corrected chi connectivity index (χ4v) is 5.51. The number of aromatic nitrogens is 2. The van der Waals surface area contributed by atoms with E-state index in [1.54, 1.807) is 43.3 Å². The van der Waals surface area contributed by atoms with Gasteiger partial charge in [-0.1, -0.05) is 55.5 Å². The fourth-order valence-electron chi connectivity index (χ4n) is 4.97. The predicted octanol–water partition coefficient (Wildman–Crippen LogP) is 9.34. The number of carboxylic acids is 4. The normalized spacial score (nSPS) is 11.8. The molecule has 0 aliphatic rings. The van der Waals surface area contributed by atoms with Gasteiger partial charge in [-0.25, -0.2) is 14.4 Å². The van der Waals surface area contributed by atoms with Gasteiger partial charge in [-0.15, -0.1) is 0 Å². The van der Waals surface area contributed by atoms with E-state index in [0.717, 1.165) is 30.4 Å². The first-order valence-corrected chi connectivity index (χ1v) is 20.9. The Labute approximate surface area is 399 Å². The van der Waals surface area contributed by atoms with E-state index in [2.05, 4.69) is 20.6 Å². The highest BCUT2D eigenvalue weighted by atomic mass is 32.2. The maximum Gasteiger partial charge on any atom is 0.446 e. The SMILES string of the molecule is CCC(Oc1ccccc1)C(=O)O.O=C(O)/C=C\C(=O)Nc1ccccc1.O=C(O)C=CC(=O)Nc1ccc(SC(F)(F)F)cc1.O=C(O)CCOC(Cc1cnccn1)c1ccc(C(F)(F)F)cc1. The molecule has 0 fully saturated rings. The molecule has 70 heavy (non-hydrogen) atoms. The van der Waals surface area contributed by atoms with Crippen molar-refractivity contribution in [1.82, 2.24) is 9.97 Å². The quantitative estimate of drug-likeness (QED) is 0.0272. The summed E-state index contributed by atoms with van der Waals surface area (Å²) < 4.78 is 84.9. The maximum atomic E-state index is 12.6. The highest BCUT2D eigenvalue weighted by Gasteiger charge is 2.31. The monoisotopic (exact) mass is 1000 g/mol. The van der Waals surface area contributed by atoms with Gasteiger partial charge in [0.15, 0.2) is 6.10 Å². The Morgan fingerprint density at radius 3 is 1.66 bits per heavy atom. The molecule has 5 rings (SSSR count). The molecular weight excluding hydrogens is 959 g/mol. The number of para-hydroxylation sites is 2. The molecule has 0 radical (unpaired) electrons. The first kappa shape index (κ1) is 58.1. The summed E-state index contributed by atoms with van der Waals surface area (Å²) in [4.78, 5) is 71.7. The Kier molecular flexibility index (Phi) is 25.2. The van der Waals surface area contributed by atoms with Crippen LogP contribution >= 0.6 is 11.8 Å². The summed E-state index contributed by atoms with van der Waals surface area (Å²) in [6.07, 6.45) is 2.52. The summed E-state index contributed by atoms with van der Waals surface area (Å²) >= 11 is -0.262. The lowest BCUT2D eigenvalue weighted by Gasteiger charge is -2.18. The molecule has 2 amide bonds. The van der Waals surface area contributed by atoms with E-state index in [-0.39, 0.29) is 41.8 Å². The van der Waals surface area contributed by atoms with Gasteiger partial charge in [0.2, 0.25) is 11.8 Å². The van der Waals surface area contributed by atoms with Crippen molar-refractivity contribution in [1.29, 1.82) is 0 Å². The van der Waals surface area contributed by atoms with Crippen LogP contribution in [0.2, 0.25) is 0 Å².